The highest BCUT2D eigenvalue weighted by Gasteiger charge is 2.12. The van der Waals surface area contributed by atoms with Crippen LogP contribution in [0.4, 0.5) is 0 Å². The van der Waals surface area contributed by atoms with E-state index in [9.17, 15) is 5.11 Å². The Morgan fingerprint density at radius 2 is 1.72 bits per heavy atom. The molecule has 18 heavy (non-hydrogen) atoms. The number of benzene rings is 2. The molecule has 0 fully saturated rings. The molecule has 1 aromatic heterocycles. The Kier molecular flexibility index (Phi) is 2.56. The zero-order valence-corrected chi connectivity index (χ0v) is 10.2. The lowest BCUT2D eigenvalue weighted by atomic mass is 9.93. The van der Waals surface area contributed by atoms with E-state index in [-0.39, 0.29) is 0 Å². The molecule has 90 valence electrons. The van der Waals surface area contributed by atoms with E-state index in [1.165, 1.54) is 16.5 Å². The van der Waals surface area contributed by atoms with E-state index in [0.717, 1.165) is 5.52 Å². The molecule has 0 aliphatic heterocycles. The standard InChI is InChI=1S/C16H15NO/c1-11(12-6-8-13(18)9-7-12)15-10-17-16-5-3-2-4-14(15)16/h2-11,17-18H,1H3. The molecule has 0 aliphatic carbocycles. The molecule has 1 unspecified atom stereocenters. The molecule has 2 aromatic carbocycles. The van der Waals surface area contributed by atoms with E-state index >= 15 is 0 Å². The number of aromatic nitrogens is 1. The minimum Gasteiger partial charge on any atom is -0.508 e. The fourth-order valence-electron chi connectivity index (χ4n) is 2.39. The fraction of sp³-hybridized carbons (Fsp3) is 0.125. The van der Waals surface area contributed by atoms with Crippen LogP contribution in [0.5, 0.6) is 5.75 Å². The van der Waals surface area contributed by atoms with Crippen LogP contribution >= 0.6 is 0 Å². The van der Waals surface area contributed by atoms with Crippen LogP contribution in [0.3, 0.4) is 0 Å². The molecular formula is C16H15NO. The van der Waals surface area contributed by atoms with Gasteiger partial charge in [0.05, 0.1) is 0 Å². The quantitative estimate of drug-likeness (QED) is 0.693. The first kappa shape index (κ1) is 10.9. The summed E-state index contributed by atoms with van der Waals surface area (Å²) in [5, 5.41) is 10.6. The van der Waals surface area contributed by atoms with Gasteiger partial charge in [0, 0.05) is 23.0 Å². The molecule has 3 aromatic rings. The van der Waals surface area contributed by atoms with Gasteiger partial charge in [-0.3, -0.25) is 0 Å². The van der Waals surface area contributed by atoms with E-state index in [4.69, 9.17) is 0 Å². The monoisotopic (exact) mass is 237 g/mol. The van der Waals surface area contributed by atoms with Crippen molar-refractivity contribution in [1.82, 2.24) is 4.98 Å². The topological polar surface area (TPSA) is 36.0 Å². The summed E-state index contributed by atoms with van der Waals surface area (Å²) in [6, 6.07) is 15.7. The molecule has 0 saturated heterocycles. The molecule has 0 spiro atoms. The number of para-hydroxylation sites is 1. The van der Waals surface area contributed by atoms with Gasteiger partial charge in [0.1, 0.15) is 5.75 Å². The highest BCUT2D eigenvalue weighted by atomic mass is 16.3. The summed E-state index contributed by atoms with van der Waals surface area (Å²) in [6.45, 7) is 2.18. The van der Waals surface area contributed by atoms with E-state index in [2.05, 4.69) is 36.3 Å². The van der Waals surface area contributed by atoms with E-state index < -0.39 is 0 Å². The Morgan fingerprint density at radius 3 is 2.50 bits per heavy atom. The average molecular weight is 237 g/mol. The summed E-state index contributed by atoms with van der Waals surface area (Å²) in [7, 11) is 0. The molecule has 3 rings (SSSR count). The number of phenolic OH excluding ortho intramolecular Hbond substituents is 1. The minimum absolute atomic E-state index is 0.307. The second kappa shape index (κ2) is 4.22. The molecule has 1 atom stereocenters. The number of hydrogen-bond acceptors (Lipinski definition) is 1. The Morgan fingerprint density at radius 1 is 1.00 bits per heavy atom. The highest BCUT2D eigenvalue weighted by molar-refractivity contribution is 5.84. The normalized spacial score (nSPS) is 12.7. The summed E-state index contributed by atoms with van der Waals surface area (Å²) in [5.74, 6) is 0.617. The second-order valence-electron chi connectivity index (χ2n) is 4.60. The van der Waals surface area contributed by atoms with Crippen molar-refractivity contribution in [3.05, 3.63) is 65.9 Å². The number of nitrogens with one attached hydrogen (secondary N) is 1. The van der Waals surface area contributed by atoms with Gasteiger partial charge < -0.3 is 10.1 Å². The molecule has 0 amide bonds. The van der Waals surface area contributed by atoms with Crippen LogP contribution in [0, 0.1) is 0 Å². The van der Waals surface area contributed by atoms with Crippen molar-refractivity contribution in [1.29, 1.82) is 0 Å². The van der Waals surface area contributed by atoms with Gasteiger partial charge in [-0.25, -0.2) is 0 Å². The van der Waals surface area contributed by atoms with Crippen LogP contribution < -0.4 is 0 Å². The number of fused-ring (bicyclic) bond motifs is 1. The Balaban J connectivity index is 2.06. The third-order valence-corrected chi connectivity index (χ3v) is 3.48. The first-order chi connectivity index (χ1) is 8.75. The summed E-state index contributed by atoms with van der Waals surface area (Å²) in [6.07, 6.45) is 2.07. The Bertz CT molecular complexity index is 667. The molecule has 0 bridgehead atoms. The summed E-state index contributed by atoms with van der Waals surface area (Å²) in [4.78, 5) is 3.30. The van der Waals surface area contributed by atoms with Crippen LogP contribution in [0.2, 0.25) is 0 Å². The van der Waals surface area contributed by atoms with Gasteiger partial charge in [-0.2, -0.15) is 0 Å². The van der Waals surface area contributed by atoms with Crippen LogP contribution in [0.25, 0.3) is 10.9 Å². The van der Waals surface area contributed by atoms with Crippen molar-refractivity contribution in [2.75, 3.05) is 0 Å². The van der Waals surface area contributed by atoms with Crippen molar-refractivity contribution in [3.8, 4) is 5.75 Å². The second-order valence-corrected chi connectivity index (χ2v) is 4.60. The Labute approximate surface area is 106 Å². The smallest absolute Gasteiger partial charge is 0.115 e. The van der Waals surface area contributed by atoms with Crippen molar-refractivity contribution < 1.29 is 5.11 Å². The SMILES string of the molecule is CC(c1ccc(O)cc1)c1c[nH]c2ccccc12. The van der Waals surface area contributed by atoms with Gasteiger partial charge in [0.25, 0.3) is 0 Å². The third kappa shape index (κ3) is 1.76. The van der Waals surface area contributed by atoms with Crippen molar-refractivity contribution in [3.63, 3.8) is 0 Å². The maximum absolute atomic E-state index is 9.33. The summed E-state index contributed by atoms with van der Waals surface area (Å²) < 4.78 is 0. The van der Waals surface area contributed by atoms with Gasteiger partial charge in [0.2, 0.25) is 0 Å². The molecule has 2 N–H and O–H groups in total. The van der Waals surface area contributed by atoms with E-state index in [0.29, 0.717) is 11.7 Å². The number of H-pyrrole nitrogens is 1. The van der Waals surface area contributed by atoms with Crippen molar-refractivity contribution >= 4 is 10.9 Å². The lowest BCUT2D eigenvalue weighted by Crippen LogP contribution is -1.94. The third-order valence-electron chi connectivity index (χ3n) is 3.48. The maximum atomic E-state index is 9.33. The zero-order valence-electron chi connectivity index (χ0n) is 10.2. The van der Waals surface area contributed by atoms with Gasteiger partial charge in [-0.1, -0.05) is 37.3 Å². The number of hydrogen-bond donors (Lipinski definition) is 2. The minimum atomic E-state index is 0.307. The molecule has 1 heterocycles. The fourth-order valence-corrected chi connectivity index (χ4v) is 2.39. The zero-order chi connectivity index (χ0) is 12.5. The average Bonchev–Trinajstić information content (AvgIpc) is 2.82. The molecule has 2 heteroatoms. The van der Waals surface area contributed by atoms with Gasteiger partial charge in [-0.05, 0) is 29.3 Å². The molecule has 0 radical (unpaired) electrons. The summed E-state index contributed by atoms with van der Waals surface area (Å²) in [5.41, 5.74) is 3.66. The number of rotatable bonds is 2. The molecule has 0 saturated carbocycles. The molecule has 2 nitrogen and oxygen atoms in total. The van der Waals surface area contributed by atoms with E-state index in [1.54, 1.807) is 12.1 Å². The van der Waals surface area contributed by atoms with Crippen molar-refractivity contribution in [2.24, 2.45) is 0 Å². The lowest BCUT2D eigenvalue weighted by molar-refractivity contribution is 0.475. The number of aromatic amines is 1. The first-order valence-electron chi connectivity index (χ1n) is 6.10. The summed E-state index contributed by atoms with van der Waals surface area (Å²) >= 11 is 0. The maximum Gasteiger partial charge on any atom is 0.115 e. The largest absolute Gasteiger partial charge is 0.508 e. The lowest BCUT2D eigenvalue weighted by Gasteiger charge is -2.11. The van der Waals surface area contributed by atoms with Crippen LogP contribution in [-0.2, 0) is 0 Å². The predicted octanol–water partition coefficient (Wildman–Crippen LogP) is 4.03. The van der Waals surface area contributed by atoms with Crippen LogP contribution in [0.15, 0.2) is 54.7 Å². The predicted molar refractivity (Wildman–Crippen MR) is 73.9 cm³/mol. The van der Waals surface area contributed by atoms with Crippen molar-refractivity contribution in [2.45, 2.75) is 12.8 Å². The van der Waals surface area contributed by atoms with Crippen LogP contribution in [-0.4, -0.2) is 10.1 Å². The molecular weight excluding hydrogens is 222 g/mol. The first-order valence-corrected chi connectivity index (χ1v) is 6.10. The van der Waals surface area contributed by atoms with Gasteiger partial charge in [-0.15, -0.1) is 0 Å². The van der Waals surface area contributed by atoms with E-state index in [1.807, 2.05) is 18.2 Å². The van der Waals surface area contributed by atoms with Gasteiger partial charge in [0.15, 0.2) is 0 Å². The number of aromatic hydroxyl groups is 1. The van der Waals surface area contributed by atoms with Crippen LogP contribution in [0.1, 0.15) is 24.0 Å². The molecule has 0 aliphatic rings. The Hall–Kier alpha value is -2.22. The highest BCUT2D eigenvalue weighted by Crippen LogP contribution is 2.30. The number of phenols is 1. The van der Waals surface area contributed by atoms with Gasteiger partial charge >= 0.3 is 0 Å².